The fourth-order valence-corrected chi connectivity index (χ4v) is 2.65. The molecule has 2 rings (SSSR count). The van der Waals surface area contributed by atoms with Gasteiger partial charge in [0.2, 0.25) is 0 Å². The second kappa shape index (κ2) is 9.73. The lowest BCUT2D eigenvalue weighted by Gasteiger charge is -2.10. The van der Waals surface area contributed by atoms with Gasteiger partial charge in [0, 0.05) is 18.7 Å². The molecule has 0 saturated carbocycles. The Bertz CT molecular complexity index is 655. The lowest BCUT2D eigenvalue weighted by molar-refractivity contribution is 0.0952. The second-order valence-electron chi connectivity index (χ2n) is 5.70. The van der Waals surface area contributed by atoms with Crippen LogP contribution < -0.4 is 10.1 Å². The Morgan fingerprint density at radius 2 is 1.92 bits per heavy atom. The first-order chi connectivity index (χ1) is 11.7. The molecule has 128 valence electrons. The van der Waals surface area contributed by atoms with Crippen LogP contribution >= 0.6 is 0 Å². The number of hydrogen-bond acceptors (Lipinski definition) is 3. The van der Waals surface area contributed by atoms with Crippen molar-refractivity contribution < 1.29 is 14.6 Å². The zero-order chi connectivity index (χ0) is 17.2. The van der Waals surface area contributed by atoms with E-state index in [4.69, 9.17) is 9.84 Å². The average Bonchev–Trinajstić information content (AvgIpc) is 2.63. The summed E-state index contributed by atoms with van der Waals surface area (Å²) in [6, 6.07) is 15.6. The Kier molecular flexibility index (Phi) is 7.30. The van der Waals surface area contributed by atoms with Gasteiger partial charge >= 0.3 is 0 Å². The number of aliphatic hydroxyl groups excluding tert-OH is 1. The lowest BCUT2D eigenvalue weighted by atomic mass is 10.0. The number of rotatable bonds is 9. The van der Waals surface area contributed by atoms with Gasteiger partial charge in [0.15, 0.2) is 0 Å². The van der Waals surface area contributed by atoms with Gasteiger partial charge in [0.1, 0.15) is 5.75 Å². The molecule has 0 heterocycles. The molecule has 0 spiro atoms. The molecule has 2 N–H and O–H groups in total. The van der Waals surface area contributed by atoms with E-state index in [0.29, 0.717) is 24.9 Å². The molecule has 24 heavy (non-hydrogen) atoms. The van der Waals surface area contributed by atoms with Crippen LogP contribution in [-0.4, -0.2) is 31.3 Å². The summed E-state index contributed by atoms with van der Waals surface area (Å²) >= 11 is 0. The van der Waals surface area contributed by atoms with Crippen LogP contribution in [0.25, 0.3) is 0 Å². The summed E-state index contributed by atoms with van der Waals surface area (Å²) in [6.45, 7) is 0.765. The monoisotopic (exact) mass is 327 g/mol. The molecule has 0 atom stereocenters. The number of methoxy groups -OCH3 is 1. The van der Waals surface area contributed by atoms with Crippen LogP contribution in [0.3, 0.4) is 0 Å². The Morgan fingerprint density at radius 1 is 1.08 bits per heavy atom. The van der Waals surface area contributed by atoms with E-state index in [1.54, 1.807) is 7.11 Å². The quantitative estimate of drug-likeness (QED) is 0.696. The molecule has 0 bridgehead atoms. The fraction of sp³-hybridized carbons (Fsp3) is 0.350. The number of carbonyl (C=O) groups is 1. The molecule has 2 aromatic carbocycles. The fourth-order valence-electron chi connectivity index (χ4n) is 2.65. The first-order valence-electron chi connectivity index (χ1n) is 8.34. The van der Waals surface area contributed by atoms with Crippen molar-refractivity contribution in [3.05, 3.63) is 65.2 Å². The highest BCUT2D eigenvalue weighted by Crippen LogP contribution is 2.14. The summed E-state index contributed by atoms with van der Waals surface area (Å²) in [7, 11) is 1.66. The van der Waals surface area contributed by atoms with Gasteiger partial charge in [-0.2, -0.15) is 0 Å². The van der Waals surface area contributed by atoms with Crippen LogP contribution in [0.2, 0.25) is 0 Å². The molecule has 0 fully saturated rings. The Morgan fingerprint density at radius 3 is 2.71 bits per heavy atom. The summed E-state index contributed by atoms with van der Waals surface area (Å²) in [4.78, 5) is 12.3. The number of benzene rings is 2. The van der Waals surface area contributed by atoms with Crippen LogP contribution in [0.1, 0.15) is 34.3 Å². The summed E-state index contributed by atoms with van der Waals surface area (Å²) in [5.74, 6) is 0.809. The van der Waals surface area contributed by atoms with E-state index in [1.165, 1.54) is 5.56 Å². The average molecular weight is 327 g/mol. The second-order valence-corrected chi connectivity index (χ2v) is 5.70. The van der Waals surface area contributed by atoms with Crippen molar-refractivity contribution in [2.24, 2.45) is 0 Å². The van der Waals surface area contributed by atoms with E-state index in [0.717, 1.165) is 24.2 Å². The van der Waals surface area contributed by atoms with E-state index in [9.17, 15) is 4.79 Å². The molecule has 0 aromatic heterocycles. The van der Waals surface area contributed by atoms with Gasteiger partial charge in [-0.1, -0.05) is 30.3 Å². The molecule has 0 aliphatic heterocycles. The molecule has 0 saturated heterocycles. The van der Waals surface area contributed by atoms with Gasteiger partial charge in [0.25, 0.3) is 5.91 Å². The van der Waals surface area contributed by atoms with Crippen molar-refractivity contribution >= 4 is 5.91 Å². The van der Waals surface area contributed by atoms with E-state index in [2.05, 4.69) is 11.4 Å². The van der Waals surface area contributed by atoms with Crippen LogP contribution in [0, 0.1) is 0 Å². The van der Waals surface area contributed by atoms with E-state index >= 15 is 0 Å². The summed E-state index contributed by atoms with van der Waals surface area (Å²) in [5.41, 5.74) is 2.89. The van der Waals surface area contributed by atoms with Gasteiger partial charge in [-0.3, -0.25) is 4.79 Å². The predicted octanol–water partition coefficient (Wildman–Crippen LogP) is 2.98. The normalized spacial score (nSPS) is 10.4. The van der Waals surface area contributed by atoms with Gasteiger partial charge in [-0.05, 0) is 55.0 Å². The number of ether oxygens (including phenoxy) is 1. The highest BCUT2D eigenvalue weighted by Gasteiger charge is 2.09. The zero-order valence-corrected chi connectivity index (χ0v) is 14.1. The Labute approximate surface area is 143 Å². The Hall–Kier alpha value is -2.33. The van der Waals surface area contributed by atoms with Crippen LogP contribution in [-0.2, 0) is 12.8 Å². The third kappa shape index (κ3) is 5.39. The van der Waals surface area contributed by atoms with Crippen molar-refractivity contribution in [3.8, 4) is 5.75 Å². The van der Waals surface area contributed by atoms with Gasteiger partial charge in [-0.25, -0.2) is 0 Å². The molecular weight excluding hydrogens is 302 g/mol. The first kappa shape index (κ1) is 18.0. The minimum atomic E-state index is -0.0471. The molecule has 0 unspecified atom stereocenters. The van der Waals surface area contributed by atoms with Crippen molar-refractivity contribution in [2.45, 2.75) is 25.7 Å². The number of hydrogen-bond donors (Lipinski definition) is 2. The number of carbonyl (C=O) groups excluding carboxylic acids is 1. The minimum Gasteiger partial charge on any atom is -0.497 e. The topological polar surface area (TPSA) is 58.6 Å². The summed E-state index contributed by atoms with van der Waals surface area (Å²) < 4.78 is 5.22. The zero-order valence-electron chi connectivity index (χ0n) is 14.1. The molecule has 1 amide bonds. The number of nitrogens with one attached hydrogen (secondary N) is 1. The van der Waals surface area contributed by atoms with Crippen LogP contribution in [0.4, 0.5) is 0 Å². The summed E-state index contributed by atoms with van der Waals surface area (Å²) in [5, 5.41) is 11.9. The van der Waals surface area contributed by atoms with Gasteiger partial charge < -0.3 is 15.2 Å². The van der Waals surface area contributed by atoms with E-state index < -0.39 is 0 Å². The van der Waals surface area contributed by atoms with E-state index in [1.807, 2.05) is 42.5 Å². The third-order valence-corrected chi connectivity index (χ3v) is 3.93. The highest BCUT2D eigenvalue weighted by atomic mass is 16.5. The molecular formula is C20H25NO3. The SMILES string of the molecule is COc1cccc(CCCNC(=O)c2ccccc2CCCO)c1. The van der Waals surface area contributed by atoms with Crippen molar-refractivity contribution in [1.82, 2.24) is 5.32 Å². The molecule has 2 aromatic rings. The summed E-state index contributed by atoms with van der Waals surface area (Å²) in [6.07, 6.45) is 3.14. The standard InChI is InChI=1S/C20H25NO3/c1-24-18-11-4-7-16(15-18)8-5-13-21-20(23)19-12-3-2-9-17(19)10-6-14-22/h2-4,7,9,11-12,15,22H,5-6,8,10,13-14H2,1H3,(H,21,23). The molecule has 0 radical (unpaired) electrons. The smallest absolute Gasteiger partial charge is 0.251 e. The third-order valence-electron chi connectivity index (χ3n) is 3.93. The van der Waals surface area contributed by atoms with Crippen molar-refractivity contribution in [3.63, 3.8) is 0 Å². The lowest BCUT2D eigenvalue weighted by Crippen LogP contribution is -2.25. The van der Waals surface area contributed by atoms with Crippen LogP contribution in [0.5, 0.6) is 5.75 Å². The molecule has 0 aliphatic carbocycles. The maximum absolute atomic E-state index is 12.3. The number of amides is 1. The van der Waals surface area contributed by atoms with E-state index in [-0.39, 0.29) is 12.5 Å². The number of aryl methyl sites for hydroxylation is 2. The Balaban J connectivity index is 1.83. The highest BCUT2D eigenvalue weighted by molar-refractivity contribution is 5.95. The minimum absolute atomic E-state index is 0.0471. The van der Waals surface area contributed by atoms with Gasteiger partial charge in [0.05, 0.1) is 7.11 Å². The van der Waals surface area contributed by atoms with Crippen LogP contribution in [0.15, 0.2) is 48.5 Å². The molecule has 4 nitrogen and oxygen atoms in total. The largest absolute Gasteiger partial charge is 0.497 e. The van der Waals surface area contributed by atoms with Crippen molar-refractivity contribution in [2.75, 3.05) is 20.3 Å². The maximum Gasteiger partial charge on any atom is 0.251 e. The molecule has 0 aliphatic rings. The predicted molar refractivity (Wildman–Crippen MR) is 95.5 cm³/mol. The molecule has 4 heteroatoms. The van der Waals surface area contributed by atoms with Gasteiger partial charge in [-0.15, -0.1) is 0 Å². The first-order valence-corrected chi connectivity index (χ1v) is 8.34. The number of aliphatic hydroxyl groups is 1. The van der Waals surface area contributed by atoms with Crippen molar-refractivity contribution in [1.29, 1.82) is 0 Å². The maximum atomic E-state index is 12.3.